The lowest BCUT2D eigenvalue weighted by Crippen LogP contribution is -2.16. The first kappa shape index (κ1) is 14.8. The quantitative estimate of drug-likeness (QED) is 0.845. The van der Waals surface area contributed by atoms with Crippen molar-refractivity contribution in [2.24, 2.45) is 0 Å². The molecule has 1 N–H and O–H groups in total. The Kier molecular flexibility index (Phi) is 3.98. The van der Waals surface area contributed by atoms with Crippen LogP contribution in [0.3, 0.4) is 0 Å². The van der Waals surface area contributed by atoms with Crippen LogP contribution in [0, 0.1) is 0 Å². The largest absolute Gasteiger partial charge is 0.497 e. The van der Waals surface area contributed by atoms with Crippen LogP contribution in [-0.4, -0.2) is 18.8 Å². The number of methoxy groups -OCH3 is 1. The number of halogens is 1. The van der Waals surface area contributed by atoms with Crippen LogP contribution in [0.1, 0.15) is 28.3 Å². The van der Waals surface area contributed by atoms with E-state index in [1.165, 1.54) is 0 Å². The van der Waals surface area contributed by atoms with E-state index in [2.05, 4.69) is 21.2 Å². The molecule has 1 aliphatic rings. The van der Waals surface area contributed by atoms with E-state index in [9.17, 15) is 9.59 Å². The highest BCUT2D eigenvalue weighted by molar-refractivity contribution is 9.10. The second-order valence-corrected chi connectivity index (χ2v) is 6.04. The van der Waals surface area contributed by atoms with Crippen LogP contribution in [0.5, 0.6) is 5.75 Å². The number of hydrogen-bond donors (Lipinski definition) is 1. The van der Waals surface area contributed by atoms with Crippen LogP contribution in [0.4, 0.5) is 5.69 Å². The maximum atomic E-state index is 12.4. The molecule has 1 aliphatic heterocycles. The molecule has 0 saturated carbocycles. The predicted octanol–water partition coefficient (Wildman–Crippen LogP) is 3.77. The summed E-state index contributed by atoms with van der Waals surface area (Å²) in [7, 11) is 1.58. The van der Waals surface area contributed by atoms with Gasteiger partial charge in [0.15, 0.2) is 5.78 Å². The average Bonchev–Trinajstić information content (AvgIpc) is 2.83. The van der Waals surface area contributed by atoms with Gasteiger partial charge in [-0.25, -0.2) is 0 Å². The maximum absolute atomic E-state index is 12.4. The number of benzene rings is 2. The van der Waals surface area contributed by atoms with E-state index in [4.69, 9.17) is 4.74 Å². The lowest BCUT2D eigenvalue weighted by Gasteiger charge is -2.09. The van der Waals surface area contributed by atoms with Crippen LogP contribution >= 0.6 is 15.9 Å². The van der Waals surface area contributed by atoms with Gasteiger partial charge in [-0.2, -0.15) is 0 Å². The monoisotopic (exact) mass is 359 g/mol. The third kappa shape index (κ3) is 2.76. The number of fused-ring (bicyclic) bond motifs is 1. The van der Waals surface area contributed by atoms with Crippen molar-refractivity contribution in [1.29, 1.82) is 0 Å². The van der Waals surface area contributed by atoms with Gasteiger partial charge in [0.1, 0.15) is 5.75 Å². The fourth-order valence-electron chi connectivity index (χ4n) is 2.57. The van der Waals surface area contributed by atoms with E-state index >= 15 is 0 Å². The van der Waals surface area contributed by atoms with Gasteiger partial charge in [0.05, 0.1) is 13.0 Å². The summed E-state index contributed by atoms with van der Waals surface area (Å²) in [6, 6.07) is 12.6. The number of carbonyl (C=O) groups is 2. The summed E-state index contributed by atoms with van der Waals surface area (Å²) in [6.07, 6.45) is 0.146. The number of rotatable bonds is 4. The minimum atomic E-state index is -0.471. The molecule has 5 heteroatoms. The molecule has 0 bridgehead atoms. The smallest absolute Gasteiger partial charge is 0.232 e. The Labute approximate surface area is 136 Å². The van der Waals surface area contributed by atoms with Crippen molar-refractivity contribution in [3.05, 3.63) is 58.1 Å². The van der Waals surface area contributed by atoms with Crippen molar-refractivity contribution in [1.82, 2.24) is 0 Å². The van der Waals surface area contributed by atoms with Crippen LogP contribution in [0.2, 0.25) is 0 Å². The van der Waals surface area contributed by atoms with Crippen molar-refractivity contribution in [2.75, 3.05) is 12.4 Å². The number of amides is 1. The Morgan fingerprint density at radius 2 is 1.95 bits per heavy atom. The third-order valence-corrected chi connectivity index (χ3v) is 4.29. The van der Waals surface area contributed by atoms with Crippen molar-refractivity contribution in [3.8, 4) is 5.75 Å². The summed E-state index contributed by atoms with van der Waals surface area (Å²) < 4.78 is 6.11. The Morgan fingerprint density at radius 1 is 1.23 bits per heavy atom. The number of carbonyl (C=O) groups excluding carboxylic acids is 2. The SMILES string of the molecule is COc1ccc2c(c1)C(CC(=O)c1ccc(Br)cc1)C(=O)N2. The highest BCUT2D eigenvalue weighted by Crippen LogP contribution is 2.37. The molecule has 1 unspecified atom stereocenters. The van der Waals surface area contributed by atoms with E-state index in [1.54, 1.807) is 31.4 Å². The van der Waals surface area contributed by atoms with Gasteiger partial charge >= 0.3 is 0 Å². The van der Waals surface area contributed by atoms with Gasteiger partial charge in [0, 0.05) is 22.1 Å². The number of Topliss-reactive ketones (excluding diaryl/α,β-unsaturated/α-hetero) is 1. The highest BCUT2D eigenvalue weighted by atomic mass is 79.9. The van der Waals surface area contributed by atoms with Crippen molar-refractivity contribution in [2.45, 2.75) is 12.3 Å². The van der Waals surface area contributed by atoms with Gasteiger partial charge in [-0.1, -0.05) is 28.1 Å². The first-order chi connectivity index (χ1) is 10.6. The van der Waals surface area contributed by atoms with Gasteiger partial charge in [-0.3, -0.25) is 9.59 Å². The van der Waals surface area contributed by atoms with E-state index in [1.807, 2.05) is 18.2 Å². The number of hydrogen-bond acceptors (Lipinski definition) is 3. The zero-order chi connectivity index (χ0) is 15.7. The summed E-state index contributed by atoms with van der Waals surface area (Å²) in [5.74, 6) is 0.00891. The minimum Gasteiger partial charge on any atom is -0.497 e. The predicted molar refractivity (Wildman–Crippen MR) is 87.5 cm³/mol. The molecule has 3 rings (SSSR count). The summed E-state index contributed by atoms with van der Waals surface area (Å²) in [6.45, 7) is 0. The van der Waals surface area contributed by atoms with Crippen molar-refractivity contribution in [3.63, 3.8) is 0 Å². The molecule has 0 radical (unpaired) electrons. The highest BCUT2D eigenvalue weighted by Gasteiger charge is 2.32. The van der Waals surface area contributed by atoms with E-state index < -0.39 is 5.92 Å². The number of ether oxygens (including phenoxy) is 1. The maximum Gasteiger partial charge on any atom is 0.232 e. The molecule has 0 fully saturated rings. The van der Waals surface area contributed by atoms with Gasteiger partial charge in [-0.15, -0.1) is 0 Å². The molecule has 4 nitrogen and oxygen atoms in total. The molecule has 1 heterocycles. The second kappa shape index (κ2) is 5.93. The molecule has 0 spiro atoms. The molecule has 1 atom stereocenters. The summed E-state index contributed by atoms with van der Waals surface area (Å²) in [4.78, 5) is 24.5. The molecule has 112 valence electrons. The van der Waals surface area contributed by atoms with Gasteiger partial charge in [-0.05, 0) is 35.9 Å². The summed E-state index contributed by atoms with van der Waals surface area (Å²) in [5, 5.41) is 2.81. The van der Waals surface area contributed by atoms with Crippen LogP contribution in [0.25, 0.3) is 0 Å². The fourth-order valence-corrected chi connectivity index (χ4v) is 2.84. The van der Waals surface area contributed by atoms with E-state index in [0.717, 1.165) is 15.7 Å². The number of nitrogens with one attached hydrogen (secondary N) is 1. The molecule has 0 saturated heterocycles. The van der Waals surface area contributed by atoms with Crippen molar-refractivity contribution >= 4 is 33.3 Å². The first-order valence-electron chi connectivity index (χ1n) is 6.86. The van der Waals surface area contributed by atoms with Crippen LogP contribution < -0.4 is 10.1 Å². The third-order valence-electron chi connectivity index (χ3n) is 3.76. The van der Waals surface area contributed by atoms with Gasteiger partial charge in [0.25, 0.3) is 0 Å². The molecule has 0 aromatic heterocycles. The normalized spacial score (nSPS) is 16.1. The standard InChI is InChI=1S/C17H14BrNO3/c1-22-12-6-7-15-13(8-12)14(17(21)19-15)9-16(20)10-2-4-11(18)5-3-10/h2-8,14H,9H2,1H3,(H,19,21). The lowest BCUT2D eigenvalue weighted by molar-refractivity contribution is -0.117. The first-order valence-corrected chi connectivity index (χ1v) is 7.65. The minimum absolute atomic E-state index is 0.0525. The number of anilines is 1. The molecule has 1 amide bonds. The topological polar surface area (TPSA) is 55.4 Å². The Balaban J connectivity index is 1.85. The average molecular weight is 360 g/mol. The Bertz CT molecular complexity index is 740. The van der Waals surface area contributed by atoms with Crippen molar-refractivity contribution < 1.29 is 14.3 Å². The molecule has 0 aliphatic carbocycles. The molecular formula is C17H14BrNO3. The fraction of sp³-hybridized carbons (Fsp3) is 0.176. The second-order valence-electron chi connectivity index (χ2n) is 5.13. The van der Waals surface area contributed by atoms with Gasteiger partial charge in [0.2, 0.25) is 5.91 Å². The van der Waals surface area contributed by atoms with E-state index in [-0.39, 0.29) is 18.1 Å². The zero-order valence-electron chi connectivity index (χ0n) is 11.9. The summed E-state index contributed by atoms with van der Waals surface area (Å²) >= 11 is 3.34. The Morgan fingerprint density at radius 3 is 2.64 bits per heavy atom. The summed E-state index contributed by atoms with van der Waals surface area (Å²) in [5.41, 5.74) is 2.17. The molecular weight excluding hydrogens is 346 g/mol. The molecule has 22 heavy (non-hydrogen) atoms. The molecule has 2 aromatic carbocycles. The lowest BCUT2D eigenvalue weighted by atomic mass is 9.92. The van der Waals surface area contributed by atoms with Crippen LogP contribution in [0.15, 0.2) is 46.9 Å². The molecule has 2 aromatic rings. The van der Waals surface area contributed by atoms with Crippen LogP contribution in [-0.2, 0) is 4.79 Å². The zero-order valence-corrected chi connectivity index (χ0v) is 13.5. The van der Waals surface area contributed by atoms with Gasteiger partial charge < -0.3 is 10.1 Å². The van der Waals surface area contributed by atoms with E-state index in [0.29, 0.717) is 11.3 Å². The number of ketones is 1. The Hall–Kier alpha value is -2.14.